The summed E-state index contributed by atoms with van der Waals surface area (Å²) in [7, 11) is -3.96. The number of aromatic nitrogens is 1. The molecule has 3 aliphatic heterocycles. The molecule has 3 amide bonds. The van der Waals surface area contributed by atoms with Crippen LogP contribution in [-0.4, -0.2) is 76.6 Å². The van der Waals surface area contributed by atoms with Gasteiger partial charge in [0.15, 0.2) is 5.78 Å². The molecular formula is C45H57FN4O8S. The van der Waals surface area contributed by atoms with Gasteiger partial charge in [-0.2, -0.15) is 0 Å². The van der Waals surface area contributed by atoms with Crippen LogP contribution in [0.15, 0.2) is 30.4 Å². The molecule has 318 valence electrons. The highest BCUT2D eigenvalue weighted by atomic mass is 32.2. The van der Waals surface area contributed by atoms with Crippen LogP contribution in [0.5, 0.6) is 5.75 Å². The molecule has 1 aromatic heterocycles. The van der Waals surface area contributed by atoms with E-state index in [0.717, 1.165) is 63.4 Å². The number of halogens is 1. The standard InChI is InChI=1S/C44H53FN4O8S.CH4/c1-41(18-19-41)58(54,55)48-39(52)43-22-28(43)8-5-3-2-4-6-11-32(46-40(53)57-44(20-21-44)27-14-15-27)38(51)49-25-42(23-33(49)34(50)24-43)17-16-30-29-9-7-10-31(45)36(29)47-35(26-12-13-26)37(30)56-42;/h5,7-10,26-28,32-33H,2-4,6,11-25H2,1H3,(H,46,53)(H,48,52);1H4/b8-5-;/t28-,32+,33+,42-,43-;/m1./s1. The topological polar surface area (TPSA) is 161 Å². The molecule has 6 fully saturated rings. The van der Waals surface area contributed by atoms with Gasteiger partial charge in [-0.25, -0.2) is 22.6 Å². The first-order valence-corrected chi connectivity index (χ1v) is 23.1. The average Bonchev–Trinajstić information content (AvgIpc) is 3.94. The molecule has 1 spiro atoms. The van der Waals surface area contributed by atoms with Gasteiger partial charge in [-0.15, -0.1) is 0 Å². The minimum absolute atomic E-state index is 0. The van der Waals surface area contributed by atoms with Crippen LogP contribution in [0.3, 0.4) is 0 Å². The Morgan fingerprint density at radius 3 is 2.49 bits per heavy atom. The summed E-state index contributed by atoms with van der Waals surface area (Å²) in [5, 5.41) is 3.61. The van der Waals surface area contributed by atoms with E-state index in [-0.39, 0.29) is 44.4 Å². The van der Waals surface area contributed by atoms with Gasteiger partial charge in [0.1, 0.15) is 34.3 Å². The first-order valence-electron chi connectivity index (χ1n) is 21.6. The van der Waals surface area contributed by atoms with Crippen molar-refractivity contribution < 1.29 is 41.5 Å². The number of nitrogens with zero attached hydrogens (tertiary/aromatic N) is 2. The molecule has 4 heterocycles. The monoisotopic (exact) mass is 832 g/mol. The molecule has 10 rings (SSSR count). The summed E-state index contributed by atoms with van der Waals surface area (Å²) in [6, 6.07) is 2.99. The lowest BCUT2D eigenvalue weighted by molar-refractivity contribution is -0.140. The number of ether oxygens (including phenoxy) is 2. The Labute approximate surface area is 345 Å². The summed E-state index contributed by atoms with van der Waals surface area (Å²) < 4.78 is 56.1. The number of nitrogens with one attached hydrogen (secondary N) is 2. The lowest BCUT2D eigenvalue weighted by Crippen LogP contribution is -2.53. The zero-order valence-corrected chi connectivity index (χ0v) is 34.0. The third-order valence-corrected chi connectivity index (χ3v) is 17.0. The maximum atomic E-state index is 15.1. The van der Waals surface area contributed by atoms with Gasteiger partial charge in [0.05, 0.1) is 28.4 Å². The van der Waals surface area contributed by atoms with Crippen molar-refractivity contribution in [1.82, 2.24) is 19.9 Å². The quantitative estimate of drug-likeness (QED) is 0.278. The first kappa shape index (κ1) is 40.3. The second-order valence-electron chi connectivity index (χ2n) is 19.2. The van der Waals surface area contributed by atoms with Crippen molar-refractivity contribution in [3.8, 4) is 5.75 Å². The molecule has 0 radical (unpaired) electrons. The summed E-state index contributed by atoms with van der Waals surface area (Å²) in [4.78, 5) is 63.8. The molecule has 12 nitrogen and oxygen atoms in total. The molecule has 14 heteroatoms. The number of ketones is 1. The van der Waals surface area contributed by atoms with Crippen LogP contribution in [0.25, 0.3) is 10.9 Å². The number of benzene rings is 1. The zero-order chi connectivity index (χ0) is 40.2. The molecule has 1 saturated heterocycles. The van der Waals surface area contributed by atoms with Gasteiger partial charge >= 0.3 is 6.09 Å². The van der Waals surface area contributed by atoms with Crippen molar-refractivity contribution in [2.24, 2.45) is 17.3 Å². The molecule has 2 N–H and O–H groups in total. The van der Waals surface area contributed by atoms with Gasteiger partial charge < -0.3 is 19.7 Å². The number of carbonyl (C=O) groups excluding carboxylic acids is 4. The van der Waals surface area contributed by atoms with E-state index in [4.69, 9.17) is 14.5 Å². The van der Waals surface area contributed by atoms with Crippen LogP contribution < -0.4 is 14.8 Å². The van der Waals surface area contributed by atoms with Crippen molar-refractivity contribution in [2.45, 2.75) is 164 Å². The fraction of sp³-hybridized carbons (Fsp3) is 0.667. The van der Waals surface area contributed by atoms with Crippen molar-refractivity contribution >= 4 is 44.6 Å². The molecule has 5 saturated carbocycles. The maximum Gasteiger partial charge on any atom is 0.408 e. The van der Waals surface area contributed by atoms with Crippen LogP contribution >= 0.6 is 0 Å². The van der Waals surface area contributed by atoms with Crippen LogP contribution in [0.4, 0.5) is 9.18 Å². The van der Waals surface area contributed by atoms with Gasteiger partial charge in [0.2, 0.25) is 21.8 Å². The molecule has 59 heavy (non-hydrogen) atoms. The number of pyridine rings is 1. The van der Waals surface area contributed by atoms with Crippen molar-refractivity contribution in [3.63, 3.8) is 0 Å². The molecule has 0 bridgehead atoms. The number of aryl methyl sites for hydroxylation is 1. The Morgan fingerprint density at radius 1 is 1.00 bits per heavy atom. The SMILES string of the molecule is C.CC1(S(=O)(=O)NC(=O)[C@]23CC(=O)[C@@H]4C[C@]5(CCc6c(c(C7CC7)nc7c(F)cccc67)O5)CN4C(=O)[C@@H](NC(=O)OC4(C5CC5)CC4)CCCCC/C=C\[C@@H]2C3)CC1. The van der Waals surface area contributed by atoms with E-state index in [1.165, 1.54) is 6.07 Å². The molecule has 1 aromatic carbocycles. The predicted molar refractivity (Wildman–Crippen MR) is 217 cm³/mol. The molecule has 2 aromatic rings. The highest BCUT2D eigenvalue weighted by molar-refractivity contribution is 7.91. The number of alkyl carbamates (subject to hydrolysis) is 1. The predicted octanol–water partition coefficient (Wildman–Crippen LogP) is 7.07. The molecule has 0 unspecified atom stereocenters. The molecule has 5 aliphatic carbocycles. The Balaban J connectivity index is 0.00000449. The van der Waals surface area contributed by atoms with Gasteiger partial charge in [-0.05, 0) is 115 Å². The fourth-order valence-corrected chi connectivity index (χ4v) is 11.5. The van der Waals surface area contributed by atoms with Crippen LogP contribution in [0.1, 0.15) is 141 Å². The van der Waals surface area contributed by atoms with Gasteiger partial charge in [-0.3, -0.25) is 19.1 Å². The van der Waals surface area contributed by atoms with Crippen LogP contribution in [0.2, 0.25) is 0 Å². The highest BCUT2D eigenvalue weighted by Crippen LogP contribution is 2.59. The van der Waals surface area contributed by atoms with Gasteiger partial charge in [-0.1, -0.05) is 44.6 Å². The summed E-state index contributed by atoms with van der Waals surface area (Å²) in [5.74, 6) is -1.05. The number of carbonyl (C=O) groups is 4. The van der Waals surface area contributed by atoms with Gasteiger partial charge in [0, 0.05) is 29.7 Å². The lowest BCUT2D eigenvalue weighted by Gasteiger charge is -2.37. The minimum Gasteiger partial charge on any atom is -0.483 e. The smallest absolute Gasteiger partial charge is 0.408 e. The van der Waals surface area contributed by atoms with E-state index >= 15 is 4.39 Å². The van der Waals surface area contributed by atoms with Crippen molar-refractivity contribution in [1.29, 1.82) is 0 Å². The number of Topliss-reactive ketones (excluding diaryl/α,β-unsaturated/α-hetero) is 1. The molecule has 8 aliphatic rings. The zero-order valence-electron chi connectivity index (χ0n) is 33.2. The fourth-order valence-electron chi connectivity index (χ4n) is 10.2. The van der Waals surface area contributed by atoms with Gasteiger partial charge in [0.25, 0.3) is 0 Å². The number of para-hydroxylation sites is 1. The third-order valence-electron chi connectivity index (χ3n) is 14.8. The number of rotatable bonds is 7. The number of hydrogen-bond donors (Lipinski definition) is 2. The Hall–Kier alpha value is -4.07. The average molecular weight is 833 g/mol. The maximum absolute atomic E-state index is 15.1. The molecular weight excluding hydrogens is 776 g/mol. The second-order valence-corrected chi connectivity index (χ2v) is 21.4. The second kappa shape index (κ2) is 14.3. The number of allylic oxidation sites excluding steroid dienone is 2. The number of amides is 3. The van der Waals surface area contributed by atoms with E-state index in [0.29, 0.717) is 73.2 Å². The van der Waals surface area contributed by atoms with E-state index in [1.807, 2.05) is 18.2 Å². The third kappa shape index (κ3) is 7.22. The van der Waals surface area contributed by atoms with Crippen molar-refractivity contribution in [3.05, 3.63) is 47.4 Å². The summed E-state index contributed by atoms with van der Waals surface area (Å²) in [6.07, 6.45) is 14.3. The largest absolute Gasteiger partial charge is 0.483 e. The Morgan fingerprint density at radius 2 is 1.78 bits per heavy atom. The van der Waals surface area contributed by atoms with Crippen LogP contribution in [-0.2, 0) is 35.6 Å². The number of sulfonamides is 1. The molecule has 5 atom stereocenters. The normalized spacial score (nSPS) is 32.5. The summed E-state index contributed by atoms with van der Waals surface area (Å²) in [5.41, 5.74) is -0.811. The number of hydrogen-bond acceptors (Lipinski definition) is 9. The number of fused-ring (bicyclic) bond motifs is 5. The summed E-state index contributed by atoms with van der Waals surface area (Å²) >= 11 is 0. The summed E-state index contributed by atoms with van der Waals surface area (Å²) in [6.45, 7) is 1.69. The minimum atomic E-state index is -3.96. The first-order chi connectivity index (χ1) is 27.7. The van der Waals surface area contributed by atoms with Crippen LogP contribution in [0, 0.1) is 23.1 Å². The Kier molecular flexibility index (Phi) is 9.75. The van der Waals surface area contributed by atoms with E-state index in [9.17, 15) is 27.6 Å². The van der Waals surface area contributed by atoms with Crippen molar-refractivity contribution in [2.75, 3.05) is 6.54 Å². The van der Waals surface area contributed by atoms with E-state index < -0.39 is 67.2 Å². The lowest BCUT2D eigenvalue weighted by atomic mass is 9.85. The Bertz CT molecular complexity index is 2250. The van der Waals surface area contributed by atoms with E-state index in [1.54, 1.807) is 17.9 Å². The highest BCUT2D eigenvalue weighted by Gasteiger charge is 2.64. The van der Waals surface area contributed by atoms with E-state index in [2.05, 4.69) is 10.0 Å².